The first-order chi connectivity index (χ1) is 7.76. The number of nitrogens with zero attached hydrogens (tertiary/aromatic N) is 1. The Hall–Kier alpha value is -1.51. The SMILES string of the molecule is CSC(=S)C(C#N)=C1Nc2ccccc2N1. The van der Waals surface area contributed by atoms with Crippen molar-refractivity contribution in [3.8, 4) is 6.07 Å². The van der Waals surface area contributed by atoms with E-state index in [1.54, 1.807) is 0 Å². The molecule has 1 aromatic rings. The highest BCUT2D eigenvalue weighted by Gasteiger charge is 2.18. The number of fused-ring (bicyclic) bond motifs is 1. The molecule has 0 saturated carbocycles. The van der Waals surface area contributed by atoms with E-state index in [1.165, 1.54) is 11.8 Å². The van der Waals surface area contributed by atoms with Gasteiger partial charge in [0, 0.05) is 0 Å². The Bertz CT molecular complexity index is 487. The molecule has 1 heterocycles. The van der Waals surface area contributed by atoms with Crippen molar-refractivity contribution in [3.05, 3.63) is 35.7 Å². The van der Waals surface area contributed by atoms with Crippen LogP contribution in [-0.4, -0.2) is 10.5 Å². The Kier molecular flexibility index (Phi) is 3.13. The fourth-order valence-electron chi connectivity index (χ4n) is 1.43. The average molecular weight is 247 g/mol. The van der Waals surface area contributed by atoms with Crippen molar-refractivity contribution in [1.82, 2.24) is 0 Å². The molecular weight excluding hydrogens is 238 g/mol. The Morgan fingerprint density at radius 2 is 1.88 bits per heavy atom. The lowest BCUT2D eigenvalue weighted by molar-refractivity contribution is 1.43. The third-order valence-corrected chi connectivity index (χ3v) is 3.48. The van der Waals surface area contributed by atoms with Crippen LogP contribution < -0.4 is 10.6 Å². The van der Waals surface area contributed by atoms with Gasteiger partial charge in [0.15, 0.2) is 0 Å². The lowest BCUT2D eigenvalue weighted by Crippen LogP contribution is -2.07. The largest absolute Gasteiger partial charge is 0.339 e. The predicted octanol–water partition coefficient (Wildman–Crippen LogP) is 2.95. The Morgan fingerprint density at radius 1 is 1.31 bits per heavy atom. The highest BCUT2D eigenvalue weighted by Crippen LogP contribution is 2.31. The quantitative estimate of drug-likeness (QED) is 0.454. The zero-order valence-corrected chi connectivity index (χ0v) is 10.2. The standard InChI is InChI=1S/C11H9N3S2/c1-16-11(15)7(6-12)10-13-8-4-2-3-5-9(8)14-10/h2-5,13-14H,1H3. The summed E-state index contributed by atoms with van der Waals surface area (Å²) in [5.41, 5.74) is 2.42. The van der Waals surface area contributed by atoms with Crippen LogP contribution in [0.15, 0.2) is 35.7 Å². The van der Waals surface area contributed by atoms with E-state index >= 15 is 0 Å². The van der Waals surface area contributed by atoms with Gasteiger partial charge in [-0.25, -0.2) is 0 Å². The Labute approximate surface area is 104 Å². The molecule has 1 aromatic carbocycles. The number of hydrogen-bond acceptors (Lipinski definition) is 5. The first-order valence-electron chi connectivity index (χ1n) is 4.62. The summed E-state index contributed by atoms with van der Waals surface area (Å²) in [5, 5.41) is 15.4. The minimum absolute atomic E-state index is 0.485. The van der Waals surface area contributed by atoms with Crippen LogP contribution in [0.3, 0.4) is 0 Å². The first kappa shape index (κ1) is 11.0. The zero-order chi connectivity index (χ0) is 11.5. The summed E-state index contributed by atoms with van der Waals surface area (Å²) in [4.78, 5) is 0. The van der Waals surface area contributed by atoms with Crippen LogP contribution in [0.25, 0.3) is 0 Å². The second kappa shape index (κ2) is 4.56. The maximum Gasteiger partial charge on any atom is 0.128 e. The van der Waals surface area contributed by atoms with Gasteiger partial charge in [0.05, 0.1) is 15.6 Å². The molecule has 0 unspecified atom stereocenters. The van der Waals surface area contributed by atoms with Gasteiger partial charge >= 0.3 is 0 Å². The van der Waals surface area contributed by atoms with E-state index in [4.69, 9.17) is 17.5 Å². The number of nitrogens with one attached hydrogen (secondary N) is 2. The van der Waals surface area contributed by atoms with Crippen LogP contribution in [0.4, 0.5) is 11.4 Å². The monoisotopic (exact) mass is 247 g/mol. The van der Waals surface area contributed by atoms with E-state index < -0.39 is 0 Å². The van der Waals surface area contributed by atoms with Crippen molar-refractivity contribution in [2.75, 3.05) is 16.9 Å². The van der Waals surface area contributed by atoms with Gasteiger partial charge < -0.3 is 10.6 Å². The van der Waals surface area contributed by atoms with E-state index in [2.05, 4.69) is 16.7 Å². The van der Waals surface area contributed by atoms with E-state index in [1.807, 2.05) is 30.5 Å². The molecule has 5 heteroatoms. The van der Waals surface area contributed by atoms with Crippen molar-refractivity contribution in [2.45, 2.75) is 0 Å². The van der Waals surface area contributed by atoms with Crippen molar-refractivity contribution in [1.29, 1.82) is 5.26 Å². The number of thioether (sulfide) groups is 1. The molecule has 1 aliphatic rings. The molecule has 0 saturated heterocycles. The summed E-state index contributed by atoms with van der Waals surface area (Å²) in [6, 6.07) is 9.90. The topological polar surface area (TPSA) is 47.9 Å². The van der Waals surface area contributed by atoms with Crippen LogP contribution in [-0.2, 0) is 0 Å². The lowest BCUT2D eigenvalue weighted by atomic mass is 10.3. The first-order valence-corrected chi connectivity index (χ1v) is 6.25. The molecule has 2 rings (SSSR count). The molecule has 0 aliphatic carbocycles. The molecule has 0 spiro atoms. The second-order valence-electron chi connectivity index (χ2n) is 3.15. The van der Waals surface area contributed by atoms with Crippen LogP contribution in [0.5, 0.6) is 0 Å². The maximum absolute atomic E-state index is 9.08. The molecule has 1 aliphatic heterocycles. The number of anilines is 2. The third kappa shape index (κ3) is 1.90. The van der Waals surface area contributed by atoms with Crippen molar-refractivity contribution in [3.63, 3.8) is 0 Å². The molecule has 3 nitrogen and oxygen atoms in total. The number of rotatable bonds is 1. The molecule has 0 amide bonds. The average Bonchev–Trinajstić information content (AvgIpc) is 2.72. The van der Waals surface area contributed by atoms with Gasteiger partial charge in [0.1, 0.15) is 17.5 Å². The van der Waals surface area contributed by atoms with Gasteiger partial charge in [0.25, 0.3) is 0 Å². The summed E-state index contributed by atoms with van der Waals surface area (Å²) in [6.07, 6.45) is 1.86. The molecule has 2 N–H and O–H groups in total. The fraction of sp³-hybridized carbons (Fsp3) is 0.0909. The van der Waals surface area contributed by atoms with Crippen LogP contribution in [0, 0.1) is 11.3 Å². The fourth-order valence-corrected chi connectivity index (χ4v) is 1.93. The van der Waals surface area contributed by atoms with Crippen LogP contribution >= 0.6 is 24.0 Å². The summed E-state index contributed by atoms with van der Waals surface area (Å²) >= 11 is 6.52. The minimum Gasteiger partial charge on any atom is -0.339 e. The van der Waals surface area contributed by atoms with Gasteiger partial charge in [-0.05, 0) is 18.4 Å². The Morgan fingerprint density at radius 3 is 2.31 bits per heavy atom. The number of hydrogen-bond donors (Lipinski definition) is 2. The van der Waals surface area contributed by atoms with Crippen molar-refractivity contribution < 1.29 is 0 Å². The molecule has 0 fully saturated rings. The van der Waals surface area contributed by atoms with Gasteiger partial charge in [0.2, 0.25) is 0 Å². The highest BCUT2D eigenvalue weighted by molar-refractivity contribution is 8.23. The number of nitriles is 1. The summed E-state index contributed by atoms with van der Waals surface area (Å²) < 4.78 is 0.588. The molecule has 0 bridgehead atoms. The number of benzene rings is 1. The van der Waals surface area contributed by atoms with E-state index in [0.29, 0.717) is 15.6 Å². The third-order valence-electron chi connectivity index (χ3n) is 2.20. The van der Waals surface area contributed by atoms with Gasteiger partial charge in [-0.2, -0.15) is 5.26 Å². The highest BCUT2D eigenvalue weighted by atomic mass is 32.2. The second-order valence-corrected chi connectivity index (χ2v) is 4.63. The van der Waals surface area contributed by atoms with Crippen molar-refractivity contribution in [2.24, 2.45) is 0 Å². The zero-order valence-electron chi connectivity index (χ0n) is 8.57. The smallest absolute Gasteiger partial charge is 0.128 e. The van der Waals surface area contributed by atoms with E-state index in [-0.39, 0.29) is 0 Å². The van der Waals surface area contributed by atoms with Gasteiger partial charge in [-0.3, -0.25) is 0 Å². The number of thiocarbonyl (C=S) groups is 1. The summed E-state index contributed by atoms with van der Waals surface area (Å²) in [7, 11) is 0. The molecule has 80 valence electrons. The summed E-state index contributed by atoms with van der Waals surface area (Å²) in [6.45, 7) is 0. The lowest BCUT2D eigenvalue weighted by Gasteiger charge is -2.04. The normalized spacial score (nSPS) is 12.1. The molecule has 0 atom stereocenters. The van der Waals surface area contributed by atoms with Gasteiger partial charge in [-0.15, -0.1) is 11.8 Å². The summed E-state index contributed by atoms with van der Waals surface area (Å²) in [5.74, 6) is 0.669. The maximum atomic E-state index is 9.08. The predicted molar refractivity (Wildman–Crippen MR) is 72.4 cm³/mol. The molecule has 0 radical (unpaired) electrons. The van der Waals surface area contributed by atoms with Crippen LogP contribution in [0.1, 0.15) is 0 Å². The Balaban J connectivity index is 2.38. The number of para-hydroxylation sites is 2. The van der Waals surface area contributed by atoms with E-state index in [9.17, 15) is 0 Å². The van der Waals surface area contributed by atoms with Crippen LogP contribution in [0.2, 0.25) is 0 Å². The van der Waals surface area contributed by atoms with E-state index in [0.717, 1.165) is 11.4 Å². The minimum atomic E-state index is 0.485. The molecule has 0 aromatic heterocycles. The molecule has 16 heavy (non-hydrogen) atoms. The molecular formula is C11H9N3S2. The van der Waals surface area contributed by atoms with Gasteiger partial charge in [-0.1, -0.05) is 24.4 Å². The van der Waals surface area contributed by atoms with Crippen molar-refractivity contribution >= 4 is 39.6 Å².